The fraction of sp³-hybridized carbons (Fsp3) is 0.200. The fourth-order valence-electron chi connectivity index (χ4n) is 0.799. The van der Waals surface area contributed by atoms with Crippen LogP contribution in [0.2, 0.25) is 0 Å². The van der Waals surface area contributed by atoms with Crippen molar-refractivity contribution in [1.29, 1.82) is 0 Å². The minimum absolute atomic E-state index is 0.109. The molecule has 0 bridgehead atoms. The Bertz CT molecular complexity index is 497. The van der Waals surface area contributed by atoms with Crippen molar-refractivity contribution < 1.29 is 27.1 Å². The third kappa shape index (κ3) is 2.41. The molecule has 0 radical (unpaired) electrons. The van der Waals surface area contributed by atoms with E-state index in [1.807, 2.05) is 0 Å². The largest absolute Gasteiger partial charge is 0.478 e. The predicted octanol–water partition coefficient (Wildman–Crippen LogP) is 1.71. The highest BCUT2D eigenvalue weighted by molar-refractivity contribution is 8.15. The second-order valence-electron chi connectivity index (χ2n) is 2.27. The van der Waals surface area contributed by atoms with E-state index in [4.69, 9.17) is 15.8 Å². The van der Waals surface area contributed by atoms with E-state index in [0.717, 1.165) is 0 Å². The Morgan fingerprint density at radius 2 is 2.07 bits per heavy atom. The molecule has 1 heterocycles. The maximum absolute atomic E-state index is 12.2. The van der Waals surface area contributed by atoms with Gasteiger partial charge in [-0.3, -0.25) is 0 Å². The lowest BCUT2D eigenvalue weighted by Gasteiger charge is -1.97. The topological polar surface area (TPSA) is 84.3 Å². The Morgan fingerprint density at radius 1 is 1.53 bits per heavy atom. The van der Waals surface area contributed by atoms with Gasteiger partial charge in [-0.1, -0.05) is 0 Å². The third-order valence-electron chi connectivity index (χ3n) is 1.33. The average Bonchev–Trinajstić information content (AvgIpc) is 2.45. The lowest BCUT2D eigenvalue weighted by molar-refractivity contribution is 0.0680. The molecule has 0 aliphatic rings. The molecule has 10 heteroatoms. The summed E-state index contributed by atoms with van der Waals surface area (Å²) in [5.41, 5.74) is -2.16. The summed E-state index contributed by atoms with van der Waals surface area (Å²) >= 11 is 0.109. The van der Waals surface area contributed by atoms with Gasteiger partial charge in [-0.25, -0.2) is 22.0 Å². The first-order valence-electron chi connectivity index (χ1n) is 3.20. The molecule has 1 rings (SSSR count). The number of carbonyl (C=O) groups is 1. The van der Waals surface area contributed by atoms with Crippen LogP contribution in [0.5, 0.6) is 0 Å². The van der Waals surface area contributed by atoms with Gasteiger partial charge in [0.05, 0.1) is 0 Å². The molecule has 0 aliphatic carbocycles. The number of carboxylic acid groups (broad SMARTS) is 1. The van der Waals surface area contributed by atoms with E-state index in [1.54, 1.807) is 0 Å². The van der Waals surface area contributed by atoms with Crippen LogP contribution in [0.1, 0.15) is 22.5 Å². The first-order valence-corrected chi connectivity index (χ1v) is 6.29. The molecule has 0 saturated carbocycles. The molecular formula is C5H2ClF2NO4S2. The van der Waals surface area contributed by atoms with Crippen molar-refractivity contribution in [3.63, 3.8) is 0 Å². The van der Waals surface area contributed by atoms with E-state index in [1.165, 1.54) is 0 Å². The molecule has 0 saturated heterocycles. The summed E-state index contributed by atoms with van der Waals surface area (Å²) < 4.78 is 48.3. The molecule has 1 aromatic heterocycles. The summed E-state index contributed by atoms with van der Waals surface area (Å²) in [6.45, 7) is 0. The highest BCUT2D eigenvalue weighted by atomic mass is 35.7. The van der Waals surface area contributed by atoms with Crippen LogP contribution in [-0.4, -0.2) is 23.9 Å². The van der Waals surface area contributed by atoms with Gasteiger partial charge in [0, 0.05) is 10.7 Å². The summed E-state index contributed by atoms with van der Waals surface area (Å²) in [5, 5.41) is 8.56. The molecular weight excluding hydrogens is 276 g/mol. The van der Waals surface area contributed by atoms with Gasteiger partial charge in [0.25, 0.3) is 15.5 Å². The van der Waals surface area contributed by atoms with Crippen molar-refractivity contribution in [3.8, 4) is 0 Å². The zero-order chi connectivity index (χ0) is 11.8. The smallest absolute Gasteiger partial charge is 0.340 e. The Balaban J connectivity index is 3.51. The monoisotopic (exact) mass is 277 g/mol. The number of rotatable bonds is 3. The number of hydrogen-bond donors (Lipinski definition) is 1. The molecule has 1 N–H and O–H groups in total. The molecule has 0 aliphatic heterocycles. The number of aromatic carboxylic acids is 1. The van der Waals surface area contributed by atoms with Gasteiger partial charge in [0.2, 0.25) is 0 Å². The van der Waals surface area contributed by atoms with Crippen LogP contribution < -0.4 is 0 Å². The highest BCUT2D eigenvalue weighted by Crippen LogP contribution is 2.32. The SMILES string of the molecule is O=C(O)c1c(C(F)F)nsc1S(=O)(=O)Cl. The molecule has 84 valence electrons. The van der Waals surface area contributed by atoms with E-state index >= 15 is 0 Å². The fourth-order valence-corrected chi connectivity index (χ4v) is 2.82. The number of nitrogens with zero attached hydrogens (tertiary/aromatic N) is 1. The minimum Gasteiger partial charge on any atom is -0.478 e. The van der Waals surface area contributed by atoms with E-state index in [9.17, 15) is 22.0 Å². The van der Waals surface area contributed by atoms with E-state index < -0.39 is 36.9 Å². The van der Waals surface area contributed by atoms with Crippen LogP contribution in [0.25, 0.3) is 0 Å². The van der Waals surface area contributed by atoms with E-state index in [-0.39, 0.29) is 11.5 Å². The summed E-state index contributed by atoms with van der Waals surface area (Å²) in [5.74, 6) is -1.81. The average molecular weight is 278 g/mol. The predicted molar refractivity (Wildman–Crippen MR) is 47.1 cm³/mol. The van der Waals surface area contributed by atoms with Gasteiger partial charge in [-0.15, -0.1) is 0 Å². The van der Waals surface area contributed by atoms with Crippen molar-refractivity contribution in [2.45, 2.75) is 10.6 Å². The maximum atomic E-state index is 12.2. The number of halogens is 3. The molecule has 0 spiro atoms. The molecule has 1 aromatic rings. The van der Waals surface area contributed by atoms with Gasteiger partial charge in [-0.2, -0.15) is 4.37 Å². The number of aromatic nitrogens is 1. The number of alkyl halides is 2. The molecule has 0 amide bonds. The highest BCUT2D eigenvalue weighted by Gasteiger charge is 2.31. The Hall–Kier alpha value is -0.800. The first-order chi connectivity index (χ1) is 6.75. The Labute approximate surface area is 90.9 Å². The van der Waals surface area contributed by atoms with Crippen molar-refractivity contribution in [1.82, 2.24) is 4.37 Å². The lowest BCUT2D eigenvalue weighted by Crippen LogP contribution is -2.05. The first kappa shape index (κ1) is 12.3. The van der Waals surface area contributed by atoms with Crippen LogP contribution in [0, 0.1) is 0 Å². The van der Waals surface area contributed by atoms with Crippen molar-refractivity contribution in [2.75, 3.05) is 0 Å². The third-order valence-corrected chi connectivity index (χ3v) is 4.25. The van der Waals surface area contributed by atoms with E-state index in [0.29, 0.717) is 0 Å². The summed E-state index contributed by atoms with van der Waals surface area (Å²) in [6.07, 6.45) is -3.17. The van der Waals surface area contributed by atoms with Crippen LogP contribution in [0.3, 0.4) is 0 Å². The minimum atomic E-state index is -4.38. The van der Waals surface area contributed by atoms with Crippen molar-refractivity contribution in [3.05, 3.63) is 11.3 Å². The maximum Gasteiger partial charge on any atom is 0.340 e. The zero-order valence-electron chi connectivity index (χ0n) is 6.65. The van der Waals surface area contributed by atoms with Crippen LogP contribution >= 0.6 is 22.2 Å². The summed E-state index contributed by atoms with van der Waals surface area (Å²) in [6, 6.07) is 0. The van der Waals surface area contributed by atoms with Gasteiger partial charge in [-0.05, 0) is 11.5 Å². The van der Waals surface area contributed by atoms with Crippen LogP contribution in [0.4, 0.5) is 8.78 Å². The number of carboxylic acids is 1. The molecule has 0 fully saturated rings. The van der Waals surface area contributed by atoms with Gasteiger partial charge < -0.3 is 5.11 Å². The zero-order valence-corrected chi connectivity index (χ0v) is 9.04. The molecule has 15 heavy (non-hydrogen) atoms. The van der Waals surface area contributed by atoms with Gasteiger partial charge in [0.15, 0.2) is 4.21 Å². The Morgan fingerprint density at radius 3 is 2.40 bits per heavy atom. The number of hydrogen-bond acceptors (Lipinski definition) is 5. The summed E-state index contributed by atoms with van der Waals surface area (Å²) in [4.78, 5) is 10.6. The normalized spacial score (nSPS) is 12.0. The second kappa shape index (κ2) is 3.99. The van der Waals surface area contributed by atoms with Crippen LogP contribution in [0.15, 0.2) is 4.21 Å². The molecule has 0 aromatic carbocycles. The molecule has 0 atom stereocenters. The molecule has 5 nitrogen and oxygen atoms in total. The van der Waals surface area contributed by atoms with Crippen molar-refractivity contribution >= 4 is 37.2 Å². The lowest BCUT2D eigenvalue weighted by atomic mass is 10.2. The Kier molecular flexibility index (Phi) is 3.26. The van der Waals surface area contributed by atoms with Gasteiger partial charge in [0.1, 0.15) is 11.3 Å². The van der Waals surface area contributed by atoms with E-state index in [2.05, 4.69) is 4.37 Å². The van der Waals surface area contributed by atoms with Crippen molar-refractivity contribution in [2.24, 2.45) is 0 Å². The van der Waals surface area contributed by atoms with Crippen LogP contribution in [-0.2, 0) is 9.05 Å². The standard InChI is InChI=1S/C5H2ClF2NO4S2/c6-15(12,13)5-1(4(10)11)2(3(7)8)9-14-5/h3H,(H,10,11). The molecule has 0 unspecified atom stereocenters. The quantitative estimate of drug-likeness (QED) is 0.850. The summed E-state index contributed by atoms with van der Waals surface area (Å²) in [7, 11) is 0.483. The van der Waals surface area contributed by atoms with Gasteiger partial charge >= 0.3 is 5.97 Å². The second-order valence-corrected chi connectivity index (χ2v) is 5.81.